The van der Waals surface area contributed by atoms with Crippen LogP contribution in [0.1, 0.15) is 12.5 Å². The van der Waals surface area contributed by atoms with E-state index in [1.165, 1.54) is 13.2 Å². The summed E-state index contributed by atoms with van der Waals surface area (Å²) in [4.78, 5) is 11.4. The van der Waals surface area contributed by atoms with Gasteiger partial charge in [0.05, 0.1) is 13.7 Å². The lowest BCUT2D eigenvalue weighted by Gasteiger charge is -2.06. The van der Waals surface area contributed by atoms with E-state index >= 15 is 0 Å². The number of methoxy groups -OCH3 is 1. The largest absolute Gasteiger partial charge is 0.504 e. The smallest absolute Gasteiger partial charge is 0.348 e. The van der Waals surface area contributed by atoms with Gasteiger partial charge in [0, 0.05) is 5.56 Å². The zero-order valence-electron chi connectivity index (χ0n) is 10.1. The molecule has 0 saturated heterocycles. The van der Waals surface area contributed by atoms with Crippen LogP contribution in [0.2, 0.25) is 0 Å². The van der Waals surface area contributed by atoms with Gasteiger partial charge in [-0.25, -0.2) is 4.79 Å². The number of para-hydroxylation sites is 1. The lowest BCUT2D eigenvalue weighted by atomic mass is 10.1. The fourth-order valence-electron chi connectivity index (χ4n) is 1.32. The summed E-state index contributed by atoms with van der Waals surface area (Å²) in [5.74, 6) is -0.579. The Morgan fingerprint density at radius 1 is 1.56 bits per heavy atom. The lowest BCUT2D eigenvalue weighted by molar-refractivity contribution is -0.137. The van der Waals surface area contributed by atoms with Gasteiger partial charge in [0.15, 0.2) is 11.5 Å². The average Bonchev–Trinajstić information content (AvgIpc) is 2.37. The molecule has 5 heteroatoms. The highest BCUT2D eigenvalue weighted by Gasteiger charge is 2.12. The Hall–Kier alpha value is -2.48. The van der Waals surface area contributed by atoms with E-state index in [4.69, 9.17) is 14.7 Å². The van der Waals surface area contributed by atoms with Crippen LogP contribution < -0.4 is 4.74 Å². The predicted octanol–water partition coefficient (Wildman–Crippen LogP) is 1.87. The summed E-state index contributed by atoms with van der Waals surface area (Å²) in [5.41, 5.74) is 0.138. The second-order valence-corrected chi connectivity index (χ2v) is 3.29. The third-order valence-corrected chi connectivity index (χ3v) is 2.17. The molecule has 94 valence electrons. The Balaban J connectivity index is 3.15. The minimum atomic E-state index is -0.720. The number of hydrogen-bond donors (Lipinski definition) is 1. The summed E-state index contributed by atoms with van der Waals surface area (Å²) in [6.07, 6.45) is 1.26. The highest BCUT2D eigenvalue weighted by molar-refractivity contribution is 5.98. The molecule has 18 heavy (non-hydrogen) atoms. The molecule has 0 atom stereocenters. The molecule has 0 saturated carbocycles. The van der Waals surface area contributed by atoms with Crippen molar-refractivity contribution in [3.05, 3.63) is 29.3 Å². The molecule has 0 bridgehead atoms. The summed E-state index contributed by atoms with van der Waals surface area (Å²) in [5, 5.41) is 18.7. The van der Waals surface area contributed by atoms with Crippen LogP contribution in [0.3, 0.4) is 0 Å². The average molecular weight is 247 g/mol. The normalized spacial score (nSPS) is 10.6. The predicted molar refractivity (Wildman–Crippen MR) is 64.9 cm³/mol. The van der Waals surface area contributed by atoms with Crippen molar-refractivity contribution in [3.8, 4) is 17.6 Å². The second-order valence-electron chi connectivity index (χ2n) is 3.29. The number of ether oxygens (including phenoxy) is 2. The van der Waals surface area contributed by atoms with E-state index in [9.17, 15) is 9.90 Å². The molecule has 0 spiro atoms. The Labute approximate surface area is 105 Å². The molecule has 5 nitrogen and oxygen atoms in total. The number of carbonyl (C=O) groups is 1. The molecule has 1 N–H and O–H groups in total. The van der Waals surface area contributed by atoms with Crippen LogP contribution in [0, 0.1) is 11.3 Å². The van der Waals surface area contributed by atoms with E-state index in [1.54, 1.807) is 31.2 Å². The van der Waals surface area contributed by atoms with Gasteiger partial charge in [0.25, 0.3) is 0 Å². The van der Waals surface area contributed by atoms with E-state index in [0.29, 0.717) is 5.56 Å². The van der Waals surface area contributed by atoms with Gasteiger partial charge < -0.3 is 14.6 Å². The number of benzene rings is 1. The fourth-order valence-corrected chi connectivity index (χ4v) is 1.32. The number of rotatable bonds is 4. The van der Waals surface area contributed by atoms with E-state index in [0.717, 1.165) is 0 Å². The molecule has 0 fully saturated rings. The van der Waals surface area contributed by atoms with Gasteiger partial charge in [-0.05, 0) is 19.1 Å². The van der Waals surface area contributed by atoms with Gasteiger partial charge in [-0.2, -0.15) is 5.26 Å². The molecule has 0 radical (unpaired) electrons. The number of phenolic OH excluding ortho intramolecular Hbond substituents is 1. The molecule has 0 amide bonds. The number of nitriles is 1. The standard InChI is InChI=1S/C13H13NO4/c1-3-18-13(16)10(8-14)7-9-5-4-6-11(17-2)12(9)15/h4-7,15H,3H2,1-2H3/b10-7+. The number of phenols is 1. The van der Waals surface area contributed by atoms with Gasteiger partial charge in [-0.1, -0.05) is 12.1 Å². The minimum Gasteiger partial charge on any atom is -0.504 e. The van der Waals surface area contributed by atoms with E-state index in [-0.39, 0.29) is 23.7 Å². The number of nitrogens with zero attached hydrogens (tertiary/aromatic N) is 1. The molecule has 0 aliphatic heterocycles. The third kappa shape index (κ3) is 3.01. The highest BCUT2D eigenvalue weighted by Crippen LogP contribution is 2.30. The first-order valence-electron chi connectivity index (χ1n) is 5.28. The molecule has 0 aliphatic rings. The third-order valence-electron chi connectivity index (χ3n) is 2.17. The number of carbonyl (C=O) groups excluding carboxylic acids is 1. The molecule has 0 heterocycles. The maximum absolute atomic E-state index is 11.4. The molecular weight excluding hydrogens is 234 g/mol. The van der Waals surface area contributed by atoms with Crippen molar-refractivity contribution in [1.29, 1.82) is 5.26 Å². The maximum atomic E-state index is 11.4. The summed E-state index contributed by atoms with van der Waals surface area (Å²) in [6, 6.07) is 6.51. The number of hydrogen-bond acceptors (Lipinski definition) is 5. The number of esters is 1. The van der Waals surface area contributed by atoms with Crippen LogP contribution in [0.15, 0.2) is 23.8 Å². The summed E-state index contributed by atoms with van der Waals surface area (Å²) < 4.78 is 9.65. The highest BCUT2D eigenvalue weighted by atomic mass is 16.5. The lowest BCUT2D eigenvalue weighted by Crippen LogP contribution is -2.06. The van der Waals surface area contributed by atoms with Crippen LogP contribution in [0.4, 0.5) is 0 Å². The summed E-state index contributed by atoms with van der Waals surface area (Å²) in [6.45, 7) is 1.83. The van der Waals surface area contributed by atoms with Gasteiger partial charge >= 0.3 is 5.97 Å². The molecular formula is C13H13NO4. The topological polar surface area (TPSA) is 79.6 Å². The van der Waals surface area contributed by atoms with Gasteiger partial charge in [0.1, 0.15) is 11.6 Å². The molecule has 1 rings (SSSR count). The summed E-state index contributed by atoms with van der Waals surface area (Å²) in [7, 11) is 1.42. The van der Waals surface area contributed by atoms with E-state index in [2.05, 4.69) is 0 Å². The van der Waals surface area contributed by atoms with Crippen molar-refractivity contribution in [2.75, 3.05) is 13.7 Å². The Bertz CT molecular complexity index is 514. The van der Waals surface area contributed by atoms with Gasteiger partial charge in [0.2, 0.25) is 0 Å². The Morgan fingerprint density at radius 3 is 2.83 bits per heavy atom. The van der Waals surface area contributed by atoms with Crippen molar-refractivity contribution in [2.45, 2.75) is 6.92 Å². The minimum absolute atomic E-state index is 0.128. The fraction of sp³-hybridized carbons (Fsp3) is 0.231. The van der Waals surface area contributed by atoms with Gasteiger partial charge in [-0.15, -0.1) is 0 Å². The quantitative estimate of drug-likeness (QED) is 0.499. The van der Waals surface area contributed by atoms with E-state index in [1.807, 2.05) is 0 Å². The Kier molecular flexibility index (Phi) is 4.76. The van der Waals surface area contributed by atoms with Crippen LogP contribution >= 0.6 is 0 Å². The van der Waals surface area contributed by atoms with Crippen molar-refractivity contribution in [3.63, 3.8) is 0 Å². The van der Waals surface area contributed by atoms with Gasteiger partial charge in [-0.3, -0.25) is 0 Å². The van der Waals surface area contributed by atoms with Crippen LogP contribution in [0.25, 0.3) is 6.08 Å². The first-order chi connectivity index (χ1) is 8.63. The summed E-state index contributed by atoms with van der Waals surface area (Å²) >= 11 is 0. The van der Waals surface area contributed by atoms with Crippen LogP contribution in [-0.4, -0.2) is 24.8 Å². The van der Waals surface area contributed by atoms with Crippen LogP contribution in [-0.2, 0) is 9.53 Å². The van der Waals surface area contributed by atoms with Crippen molar-refractivity contribution in [1.82, 2.24) is 0 Å². The first kappa shape index (κ1) is 13.6. The van der Waals surface area contributed by atoms with E-state index < -0.39 is 5.97 Å². The maximum Gasteiger partial charge on any atom is 0.348 e. The van der Waals surface area contributed by atoms with Crippen molar-refractivity contribution in [2.24, 2.45) is 0 Å². The monoisotopic (exact) mass is 247 g/mol. The molecule has 1 aromatic rings. The zero-order chi connectivity index (χ0) is 13.5. The zero-order valence-corrected chi connectivity index (χ0v) is 10.1. The SMILES string of the molecule is CCOC(=O)/C(C#N)=C/c1cccc(OC)c1O. The van der Waals surface area contributed by atoms with Crippen molar-refractivity contribution >= 4 is 12.0 Å². The first-order valence-corrected chi connectivity index (χ1v) is 5.28. The van der Waals surface area contributed by atoms with Crippen molar-refractivity contribution < 1.29 is 19.4 Å². The molecule has 0 aromatic heterocycles. The second kappa shape index (κ2) is 6.30. The van der Waals surface area contributed by atoms with Crippen LogP contribution in [0.5, 0.6) is 11.5 Å². The molecule has 1 aromatic carbocycles. The molecule has 0 aliphatic carbocycles. The molecule has 0 unspecified atom stereocenters. The number of aromatic hydroxyl groups is 1. The Morgan fingerprint density at radius 2 is 2.28 bits per heavy atom.